The Labute approximate surface area is 272 Å². The van der Waals surface area contributed by atoms with Gasteiger partial charge in [-0.3, -0.25) is 24.4 Å². The lowest BCUT2D eigenvalue weighted by Crippen LogP contribution is -2.65. The van der Waals surface area contributed by atoms with E-state index in [1.54, 1.807) is 4.90 Å². The van der Waals surface area contributed by atoms with Gasteiger partial charge in [0.2, 0.25) is 17.7 Å². The number of carbonyl (C=O) groups excluding carboxylic acids is 1. The van der Waals surface area contributed by atoms with Crippen LogP contribution in [0.15, 0.2) is 16.9 Å². The summed E-state index contributed by atoms with van der Waals surface area (Å²) in [6.07, 6.45) is 2.89. The van der Waals surface area contributed by atoms with Crippen LogP contribution in [0.4, 0.5) is 17.5 Å². The number of likely N-dealkylation sites (N-methyl/N-ethyl adjacent to an activating group) is 1. The molecule has 0 aliphatic carbocycles. The number of nitrogens with one attached hydrogen (secondary N) is 1. The number of thioether (sulfide) groups is 2. The summed E-state index contributed by atoms with van der Waals surface area (Å²) in [5.41, 5.74) is 1.72. The van der Waals surface area contributed by atoms with Crippen LogP contribution < -0.4 is 25.0 Å². The maximum absolute atomic E-state index is 14.0. The van der Waals surface area contributed by atoms with Gasteiger partial charge in [-0.2, -0.15) is 28.5 Å². The van der Waals surface area contributed by atoms with E-state index in [4.69, 9.17) is 21.3 Å². The van der Waals surface area contributed by atoms with Crippen LogP contribution >= 0.6 is 35.1 Å². The van der Waals surface area contributed by atoms with Crippen molar-refractivity contribution in [3.05, 3.63) is 38.6 Å². The van der Waals surface area contributed by atoms with E-state index in [-0.39, 0.29) is 11.5 Å². The highest BCUT2D eigenvalue weighted by atomic mass is 35.5. The molecule has 1 amide bonds. The second-order valence-corrected chi connectivity index (χ2v) is 15.5. The number of ether oxygens (including phenoxy) is 1. The minimum Gasteiger partial charge on any atom is -0.459 e. The molecule has 0 saturated carbocycles. The van der Waals surface area contributed by atoms with Crippen LogP contribution in [-0.4, -0.2) is 114 Å². The summed E-state index contributed by atoms with van der Waals surface area (Å²) in [5.74, 6) is 5.90. The summed E-state index contributed by atoms with van der Waals surface area (Å²) in [6.45, 7) is 8.17. The number of benzene rings is 1. The van der Waals surface area contributed by atoms with Crippen LogP contribution in [0, 0.1) is 0 Å². The zero-order chi connectivity index (χ0) is 30.6. The lowest BCUT2D eigenvalue weighted by Gasteiger charge is -2.50. The smallest absolute Gasteiger partial charge is 0.257 e. The van der Waals surface area contributed by atoms with Gasteiger partial charge in [-0.05, 0) is 31.7 Å². The van der Waals surface area contributed by atoms with E-state index in [9.17, 15) is 9.59 Å². The Bertz CT molecular complexity index is 1470. The zero-order valence-corrected chi connectivity index (χ0v) is 28.3. The highest BCUT2D eigenvalue weighted by molar-refractivity contribution is 7.99. The lowest BCUT2D eigenvalue weighted by molar-refractivity contribution is -0.178. The van der Waals surface area contributed by atoms with Gasteiger partial charge < -0.3 is 19.4 Å². The molecule has 13 heteroatoms. The van der Waals surface area contributed by atoms with Crippen LogP contribution in [0.2, 0.25) is 5.02 Å². The van der Waals surface area contributed by atoms with Gasteiger partial charge in [-0.15, -0.1) is 0 Å². The molecular formula is C31H42ClN7O3S2. The summed E-state index contributed by atoms with van der Waals surface area (Å²) in [5, 5.41) is 0.580. The number of hydrogen-bond donors (Lipinski definition) is 1. The number of aromatic amines is 1. The van der Waals surface area contributed by atoms with E-state index in [1.807, 2.05) is 49.8 Å². The molecule has 3 saturated heterocycles. The average Bonchev–Trinajstić information content (AvgIpc) is 3.24. The van der Waals surface area contributed by atoms with Gasteiger partial charge in [0.15, 0.2) is 0 Å². The van der Waals surface area contributed by atoms with Crippen LogP contribution in [0.5, 0.6) is 5.75 Å². The van der Waals surface area contributed by atoms with Crippen LogP contribution in [0.1, 0.15) is 37.3 Å². The maximum atomic E-state index is 14.0. The minimum absolute atomic E-state index is 0.0620. The normalized spacial score (nSPS) is 22.8. The molecule has 0 radical (unpaired) electrons. The molecule has 3 fully saturated rings. The van der Waals surface area contributed by atoms with E-state index in [2.05, 4.69) is 31.5 Å². The Morgan fingerprint density at radius 3 is 2.23 bits per heavy atom. The third-order valence-electron chi connectivity index (χ3n) is 10.3. The zero-order valence-electron chi connectivity index (χ0n) is 25.9. The van der Waals surface area contributed by atoms with Gasteiger partial charge in [0, 0.05) is 101 Å². The first-order valence-corrected chi connectivity index (χ1v) is 18.5. The molecule has 6 heterocycles. The number of carbonyl (C=O) groups is 1. The average molecular weight is 660 g/mol. The predicted molar refractivity (Wildman–Crippen MR) is 181 cm³/mol. The molecule has 44 heavy (non-hydrogen) atoms. The SMILES string of the molecule is CN1CCCc2c1nc(N1CCC3(CC1)C(=O)N(C)c1cc(OC(C)(N4CCSCC4)N4CCSCC4)cc(Cl)c13)[nH]c2=O. The fourth-order valence-electron chi connectivity index (χ4n) is 7.74. The van der Waals surface area contributed by atoms with Crippen molar-refractivity contribution in [2.45, 2.75) is 43.9 Å². The minimum atomic E-state index is -0.709. The number of anilines is 3. The van der Waals surface area contributed by atoms with E-state index in [1.165, 1.54) is 0 Å². The predicted octanol–water partition coefficient (Wildman–Crippen LogP) is 3.47. The van der Waals surface area contributed by atoms with Crippen molar-refractivity contribution in [3.8, 4) is 5.75 Å². The van der Waals surface area contributed by atoms with E-state index in [0.717, 1.165) is 91.2 Å². The molecule has 7 rings (SSSR count). The van der Waals surface area contributed by atoms with Gasteiger partial charge in [-0.25, -0.2) is 0 Å². The summed E-state index contributed by atoms with van der Waals surface area (Å²) in [4.78, 5) is 45.7. The Balaban J connectivity index is 1.16. The van der Waals surface area contributed by atoms with Gasteiger partial charge >= 0.3 is 0 Å². The molecule has 5 aliphatic rings. The third-order valence-corrected chi connectivity index (χ3v) is 12.5. The number of H-pyrrole nitrogens is 1. The first-order chi connectivity index (χ1) is 21.2. The second-order valence-electron chi connectivity index (χ2n) is 12.7. The first kappa shape index (κ1) is 30.5. The molecule has 0 unspecified atom stereocenters. The maximum Gasteiger partial charge on any atom is 0.257 e. The van der Waals surface area contributed by atoms with Crippen LogP contribution in [-0.2, 0) is 16.6 Å². The number of aromatic nitrogens is 2. The van der Waals surface area contributed by atoms with Gasteiger partial charge in [0.1, 0.15) is 11.6 Å². The summed E-state index contributed by atoms with van der Waals surface area (Å²) < 4.78 is 6.94. The number of rotatable bonds is 5. The number of nitrogens with zero attached hydrogens (tertiary/aromatic N) is 6. The molecule has 238 valence electrons. The Morgan fingerprint density at radius 2 is 1.59 bits per heavy atom. The number of amides is 1. The van der Waals surface area contributed by atoms with E-state index < -0.39 is 11.3 Å². The highest BCUT2D eigenvalue weighted by Gasteiger charge is 2.53. The van der Waals surface area contributed by atoms with Crippen molar-refractivity contribution in [2.24, 2.45) is 0 Å². The molecule has 1 aromatic carbocycles. The van der Waals surface area contributed by atoms with Crippen LogP contribution in [0.3, 0.4) is 0 Å². The molecule has 10 nitrogen and oxygen atoms in total. The summed E-state index contributed by atoms with van der Waals surface area (Å²) in [6, 6.07) is 3.95. The first-order valence-electron chi connectivity index (χ1n) is 15.8. The fourth-order valence-corrected chi connectivity index (χ4v) is 9.93. The molecule has 1 spiro atoms. The molecule has 0 atom stereocenters. The van der Waals surface area contributed by atoms with Crippen LogP contribution in [0.25, 0.3) is 0 Å². The lowest BCUT2D eigenvalue weighted by atomic mass is 9.73. The van der Waals surface area contributed by atoms with Crippen molar-refractivity contribution in [1.82, 2.24) is 19.8 Å². The third kappa shape index (κ3) is 5.09. The highest BCUT2D eigenvalue weighted by Crippen LogP contribution is 2.52. The van der Waals surface area contributed by atoms with Gasteiger partial charge in [-0.1, -0.05) is 11.6 Å². The molecule has 1 N–H and O–H groups in total. The number of halogens is 1. The van der Waals surface area contributed by atoms with Crippen molar-refractivity contribution in [1.29, 1.82) is 0 Å². The number of fused-ring (bicyclic) bond motifs is 3. The number of piperidine rings is 1. The quantitative estimate of drug-likeness (QED) is 0.515. The second kappa shape index (κ2) is 11.9. The van der Waals surface area contributed by atoms with Gasteiger partial charge in [0.25, 0.3) is 5.56 Å². The van der Waals surface area contributed by atoms with Crippen molar-refractivity contribution >= 4 is 58.5 Å². The van der Waals surface area contributed by atoms with Crippen molar-refractivity contribution in [3.63, 3.8) is 0 Å². The topological polar surface area (TPSA) is 88.2 Å². The van der Waals surface area contributed by atoms with Crippen molar-refractivity contribution < 1.29 is 9.53 Å². The molecule has 1 aromatic heterocycles. The summed E-state index contributed by atoms with van der Waals surface area (Å²) in [7, 11) is 3.84. The Hall–Kier alpha value is -2.12. The largest absolute Gasteiger partial charge is 0.459 e. The fraction of sp³-hybridized carbons (Fsp3) is 0.645. The standard InChI is InChI=1S/C31H42ClN7O3S2/c1-30(38-11-15-43-16-12-38,39-13-17-44-18-14-39)42-21-19-23(32)25-24(20-21)36(3)28(41)31(25)6-9-37(10-7-31)29-33-26-22(27(40)34-29)5-4-8-35(26)2/h19-20H,4-18H2,1-3H3,(H,33,34,40). The Kier molecular flexibility index (Phi) is 8.26. The molecular weight excluding hydrogens is 618 g/mol. The molecule has 2 aromatic rings. The number of hydrogen-bond acceptors (Lipinski definition) is 10. The van der Waals surface area contributed by atoms with Crippen molar-refractivity contribution in [2.75, 3.05) is 97.6 Å². The van der Waals surface area contributed by atoms with E-state index in [0.29, 0.717) is 42.7 Å². The summed E-state index contributed by atoms with van der Waals surface area (Å²) >= 11 is 11.1. The van der Waals surface area contributed by atoms with E-state index >= 15 is 0 Å². The monoisotopic (exact) mass is 659 g/mol. The van der Waals surface area contributed by atoms with Gasteiger partial charge in [0.05, 0.1) is 21.7 Å². The Morgan fingerprint density at radius 1 is 0.955 bits per heavy atom. The molecule has 5 aliphatic heterocycles. The molecule has 0 bridgehead atoms.